The van der Waals surface area contributed by atoms with Gasteiger partial charge in [0.2, 0.25) is 5.88 Å². The lowest BCUT2D eigenvalue weighted by atomic mass is 10.1. The van der Waals surface area contributed by atoms with E-state index >= 15 is 0 Å². The minimum absolute atomic E-state index is 0.0167. The number of nitrogens with zero attached hydrogens (tertiary/aromatic N) is 3. The number of benzene rings is 1. The standard InChI is InChI=1S/C16H13N3O5S2/c20-14(21)2-1-5-18-15(22)13(26-16(18)25)6-9-8-17-12-4-3-10(19(23)24)7-11(9)12/h3-4,6-8,22H,1-2,5H2,(H,20,21)/b9-6+. The molecule has 0 saturated carbocycles. The van der Waals surface area contributed by atoms with Crippen molar-refractivity contribution in [3.8, 4) is 5.88 Å². The Morgan fingerprint density at radius 1 is 1.46 bits per heavy atom. The number of allylic oxidation sites excluding steroid dienone is 1. The van der Waals surface area contributed by atoms with Crippen molar-refractivity contribution in [1.82, 2.24) is 4.57 Å². The van der Waals surface area contributed by atoms with E-state index in [0.717, 1.165) is 0 Å². The van der Waals surface area contributed by atoms with E-state index in [1.165, 1.54) is 28.0 Å². The van der Waals surface area contributed by atoms with Gasteiger partial charge in [-0.3, -0.25) is 24.5 Å². The number of thiazole rings is 1. The summed E-state index contributed by atoms with van der Waals surface area (Å²) in [6.07, 6.45) is 3.57. The number of hydrogen-bond donors (Lipinski definition) is 2. The van der Waals surface area contributed by atoms with Crippen LogP contribution in [0.15, 0.2) is 23.2 Å². The van der Waals surface area contributed by atoms with Crippen molar-refractivity contribution in [3.05, 3.63) is 42.7 Å². The van der Waals surface area contributed by atoms with E-state index in [4.69, 9.17) is 17.3 Å². The van der Waals surface area contributed by atoms with Gasteiger partial charge in [-0.2, -0.15) is 0 Å². The van der Waals surface area contributed by atoms with Crippen LogP contribution in [0, 0.1) is 14.1 Å². The number of carboxylic acids is 1. The molecule has 134 valence electrons. The van der Waals surface area contributed by atoms with Gasteiger partial charge in [0.15, 0.2) is 3.95 Å². The Morgan fingerprint density at radius 3 is 2.92 bits per heavy atom. The molecule has 0 radical (unpaired) electrons. The average Bonchev–Trinajstić information content (AvgIpc) is 3.10. The number of rotatable bonds is 6. The molecule has 8 nitrogen and oxygen atoms in total. The Hall–Kier alpha value is -2.85. The van der Waals surface area contributed by atoms with Gasteiger partial charge in [-0.25, -0.2) is 0 Å². The number of aromatic nitrogens is 1. The molecule has 0 spiro atoms. The second-order valence-electron chi connectivity index (χ2n) is 5.52. The second-order valence-corrected chi connectivity index (χ2v) is 7.20. The summed E-state index contributed by atoms with van der Waals surface area (Å²) in [4.78, 5) is 25.8. The third kappa shape index (κ3) is 3.55. The summed E-state index contributed by atoms with van der Waals surface area (Å²) in [6, 6.07) is 4.40. The molecule has 1 aliphatic rings. The smallest absolute Gasteiger partial charge is 0.303 e. The van der Waals surface area contributed by atoms with Gasteiger partial charge < -0.3 is 10.2 Å². The molecule has 0 unspecified atom stereocenters. The molecule has 10 heteroatoms. The van der Waals surface area contributed by atoms with Gasteiger partial charge >= 0.3 is 5.97 Å². The minimum Gasteiger partial charge on any atom is -0.493 e. The van der Waals surface area contributed by atoms with Gasteiger partial charge in [0.05, 0.1) is 15.5 Å². The van der Waals surface area contributed by atoms with E-state index in [1.807, 2.05) is 0 Å². The highest BCUT2D eigenvalue weighted by atomic mass is 32.1. The Balaban J connectivity index is 1.92. The summed E-state index contributed by atoms with van der Waals surface area (Å²) in [6.45, 7) is 0.298. The molecule has 1 aliphatic heterocycles. The fourth-order valence-corrected chi connectivity index (χ4v) is 3.85. The highest BCUT2D eigenvalue weighted by molar-refractivity contribution is 7.73. The third-order valence-corrected chi connectivity index (χ3v) is 5.18. The molecule has 1 aromatic heterocycles. The number of carboxylic acid groups (broad SMARTS) is 1. The van der Waals surface area contributed by atoms with Gasteiger partial charge in [0, 0.05) is 42.4 Å². The predicted molar refractivity (Wildman–Crippen MR) is 101 cm³/mol. The summed E-state index contributed by atoms with van der Waals surface area (Å²) >= 11 is 6.42. The quantitative estimate of drug-likeness (QED) is 0.436. The minimum atomic E-state index is -0.908. The van der Waals surface area contributed by atoms with Crippen LogP contribution in [-0.2, 0) is 11.3 Å². The molecular weight excluding hydrogens is 378 g/mol. The Labute approximate surface area is 156 Å². The molecule has 0 saturated heterocycles. The first-order valence-corrected chi connectivity index (χ1v) is 8.78. The summed E-state index contributed by atoms with van der Waals surface area (Å²) in [5.74, 6) is -0.959. The van der Waals surface area contributed by atoms with Crippen molar-refractivity contribution in [3.63, 3.8) is 0 Å². The summed E-state index contributed by atoms with van der Waals surface area (Å²) < 4.78 is 1.91. The van der Waals surface area contributed by atoms with E-state index in [2.05, 4.69) is 4.99 Å². The molecule has 1 aromatic carbocycles. The van der Waals surface area contributed by atoms with Crippen molar-refractivity contribution < 1.29 is 19.9 Å². The van der Waals surface area contributed by atoms with Crippen molar-refractivity contribution in [2.24, 2.45) is 4.99 Å². The zero-order valence-corrected chi connectivity index (χ0v) is 14.9. The molecular formula is C16H13N3O5S2. The van der Waals surface area contributed by atoms with Crippen molar-refractivity contribution in [2.75, 3.05) is 0 Å². The molecule has 2 heterocycles. The van der Waals surface area contributed by atoms with E-state index < -0.39 is 10.9 Å². The fraction of sp³-hybridized carbons (Fsp3) is 0.188. The molecule has 0 bridgehead atoms. The van der Waals surface area contributed by atoms with Crippen LogP contribution in [0.25, 0.3) is 11.6 Å². The Bertz CT molecular complexity index is 1020. The first-order chi connectivity index (χ1) is 12.4. The summed E-state index contributed by atoms with van der Waals surface area (Å²) in [5, 5.41) is 30.1. The summed E-state index contributed by atoms with van der Waals surface area (Å²) in [5.41, 5.74) is 1.82. The van der Waals surface area contributed by atoms with Crippen LogP contribution in [0.4, 0.5) is 11.4 Å². The molecule has 0 aliphatic carbocycles. The number of nitro benzene ring substituents is 1. The number of aliphatic carboxylic acids is 1. The van der Waals surface area contributed by atoms with E-state index in [-0.39, 0.29) is 18.0 Å². The fourth-order valence-electron chi connectivity index (χ4n) is 2.54. The van der Waals surface area contributed by atoms with Gasteiger partial charge in [-0.15, -0.1) is 11.3 Å². The van der Waals surface area contributed by atoms with E-state index in [1.54, 1.807) is 18.4 Å². The highest BCUT2D eigenvalue weighted by Crippen LogP contribution is 2.37. The summed E-state index contributed by atoms with van der Waals surface area (Å²) in [7, 11) is 0. The Kier molecular flexibility index (Phi) is 4.96. The topological polar surface area (TPSA) is 118 Å². The van der Waals surface area contributed by atoms with Crippen LogP contribution in [0.2, 0.25) is 0 Å². The molecule has 26 heavy (non-hydrogen) atoms. The van der Waals surface area contributed by atoms with Crippen LogP contribution in [0.5, 0.6) is 5.88 Å². The molecule has 0 fully saturated rings. The zero-order chi connectivity index (χ0) is 18.8. The lowest BCUT2D eigenvalue weighted by Crippen LogP contribution is -2.01. The second kappa shape index (κ2) is 7.18. The Morgan fingerprint density at radius 2 is 2.23 bits per heavy atom. The van der Waals surface area contributed by atoms with Gasteiger partial charge in [-0.05, 0) is 30.8 Å². The number of hydrogen-bond acceptors (Lipinski definition) is 7. The largest absolute Gasteiger partial charge is 0.493 e. The number of nitro groups is 1. The molecule has 0 atom stereocenters. The van der Waals surface area contributed by atoms with Crippen LogP contribution in [0.3, 0.4) is 0 Å². The predicted octanol–water partition coefficient (Wildman–Crippen LogP) is 4.01. The number of fused-ring (bicyclic) bond motifs is 1. The van der Waals surface area contributed by atoms with E-state index in [9.17, 15) is 20.0 Å². The molecule has 2 aromatic rings. The SMILES string of the molecule is O=C(O)CCCn1c(O)c(/C=C2\C=Nc3ccc([N+](=O)[O-])cc32)sc1=S. The van der Waals surface area contributed by atoms with Crippen LogP contribution >= 0.6 is 23.6 Å². The first kappa shape index (κ1) is 18.0. The van der Waals surface area contributed by atoms with Crippen LogP contribution in [-0.4, -0.2) is 31.9 Å². The van der Waals surface area contributed by atoms with Gasteiger partial charge in [0.25, 0.3) is 5.69 Å². The van der Waals surface area contributed by atoms with E-state index in [0.29, 0.717) is 38.6 Å². The average molecular weight is 391 g/mol. The lowest BCUT2D eigenvalue weighted by molar-refractivity contribution is -0.384. The molecule has 3 rings (SSSR count). The maximum atomic E-state index is 11.0. The van der Waals surface area contributed by atoms with Crippen LogP contribution in [0.1, 0.15) is 23.3 Å². The normalized spacial score (nSPS) is 13.9. The number of aromatic hydroxyl groups is 1. The number of carbonyl (C=O) groups is 1. The first-order valence-electron chi connectivity index (χ1n) is 7.56. The lowest BCUT2D eigenvalue weighted by Gasteiger charge is -2.03. The van der Waals surface area contributed by atoms with Crippen molar-refractivity contribution in [2.45, 2.75) is 19.4 Å². The van der Waals surface area contributed by atoms with Crippen LogP contribution < -0.4 is 0 Å². The zero-order valence-electron chi connectivity index (χ0n) is 13.3. The van der Waals surface area contributed by atoms with Gasteiger partial charge in [0.1, 0.15) is 0 Å². The van der Waals surface area contributed by atoms with Crippen molar-refractivity contribution >= 4 is 58.8 Å². The molecule has 2 N–H and O–H groups in total. The van der Waals surface area contributed by atoms with Crippen molar-refractivity contribution in [1.29, 1.82) is 0 Å². The maximum Gasteiger partial charge on any atom is 0.303 e. The molecule has 0 amide bonds. The third-order valence-electron chi connectivity index (χ3n) is 3.80. The highest BCUT2D eigenvalue weighted by Gasteiger charge is 2.18. The number of aliphatic imine (C=N–C) groups is 1. The number of non-ortho nitro benzene ring substituents is 1. The van der Waals surface area contributed by atoms with Gasteiger partial charge in [-0.1, -0.05) is 0 Å². The maximum absolute atomic E-state index is 11.0. The monoisotopic (exact) mass is 391 g/mol.